The van der Waals surface area contributed by atoms with E-state index in [0.717, 1.165) is 24.8 Å². The van der Waals surface area contributed by atoms with Crippen LogP contribution in [0.4, 0.5) is 0 Å². The summed E-state index contributed by atoms with van der Waals surface area (Å²) in [6.07, 6.45) is 12.7. The van der Waals surface area contributed by atoms with Crippen molar-refractivity contribution >= 4 is 37.5 Å². The number of fused-ring (bicyclic) bond motifs is 3. The van der Waals surface area contributed by atoms with E-state index in [0.29, 0.717) is 50.5 Å². The van der Waals surface area contributed by atoms with Gasteiger partial charge < -0.3 is 43.2 Å². The molecule has 2 bridgehead atoms. The van der Waals surface area contributed by atoms with Crippen LogP contribution in [0.2, 0.25) is 18.1 Å². The highest BCUT2D eigenvalue weighted by Crippen LogP contribution is 2.42. The van der Waals surface area contributed by atoms with Gasteiger partial charge in [-0.2, -0.15) is 0 Å². The Morgan fingerprint density at radius 3 is 2.18 bits per heavy atom. The van der Waals surface area contributed by atoms with Gasteiger partial charge in [0.25, 0.3) is 11.7 Å². The van der Waals surface area contributed by atoms with Crippen LogP contribution in [0.25, 0.3) is 0 Å². The van der Waals surface area contributed by atoms with Crippen LogP contribution in [0, 0.1) is 35.5 Å². The Morgan fingerprint density at radius 2 is 1.54 bits per heavy atom. The van der Waals surface area contributed by atoms with Gasteiger partial charge >= 0.3 is 5.97 Å². The molecule has 3 heterocycles. The fraction of sp³-hybridized carbons (Fsp3) is 0.772. The minimum Gasteiger partial charge on any atom is -0.460 e. The smallest absolute Gasteiger partial charge is 0.329 e. The van der Waals surface area contributed by atoms with E-state index in [1.807, 2.05) is 58.1 Å². The van der Waals surface area contributed by atoms with Gasteiger partial charge in [0, 0.05) is 58.5 Å². The molecule has 3 aliphatic heterocycles. The van der Waals surface area contributed by atoms with Gasteiger partial charge in [0.1, 0.15) is 30.1 Å². The maximum Gasteiger partial charge on any atom is 0.329 e. The highest BCUT2D eigenvalue weighted by atomic mass is 28.4. The summed E-state index contributed by atoms with van der Waals surface area (Å²) in [4.78, 5) is 72.7. The molecular formula is C57H93NO13Si. The van der Waals surface area contributed by atoms with Crippen LogP contribution in [-0.2, 0) is 52.1 Å². The molecule has 1 saturated carbocycles. The molecule has 72 heavy (non-hydrogen) atoms. The second-order valence-corrected chi connectivity index (χ2v) is 28.2. The summed E-state index contributed by atoms with van der Waals surface area (Å²) >= 11 is 0. The van der Waals surface area contributed by atoms with Gasteiger partial charge in [0.05, 0.1) is 24.4 Å². The van der Waals surface area contributed by atoms with Crippen molar-refractivity contribution < 1.29 is 62.3 Å². The van der Waals surface area contributed by atoms with E-state index in [-0.39, 0.29) is 66.0 Å². The van der Waals surface area contributed by atoms with Crippen LogP contribution in [0.1, 0.15) is 146 Å². The molecule has 2 saturated heterocycles. The summed E-state index contributed by atoms with van der Waals surface area (Å²) in [7, 11) is 2.61. The van der Waals surface area contributed by atoms with Crippen molar-refractivity contribution in [2.24, 2.45) is 35.5 Å². The summed E-state index contributed by atoms with van der Waals surface area (Å²) in [6.45, 7) is 24.1. The lowest BCUT2D eigenvalue weighted by atomic mass is 9.78. The molecule has 4 rings (SSSR count). The van der Waals surface area contributed by atoms with Crippen molar-refractivity contribution in [2.45, 2.75) is 219 Å². The first-order valence-electron chi connectivity index (χ1n) is 26.9. The van der Waals surface area contributed by atoms with E-state index in [1.54, 1.807) is 41.1 Å². The van der Waals surface area contributed by atoms with Crippen LogP contribution in [0.15, 0.2) is 47.6 Å². The van der Waals surface area contributed by atoms with Crippen molar-refractivity contribution in [3.63, 3.8) is 0 Å². The average molecular weight is 1030 g/mol. The number of rotatable bonds is 8. The Hall–Kier alpha value is -3.15. The predicted molar refractivity (Wildman–Crippen MR) is 281 cm³/mol. The molecule has 14 nitrogen and oxygen atoms in total. The summed E-state index contributed by atoms with van der Waals surface area (Å²) < 4.78 is 37.0. The monoisotopic (exact) mass is 1030 g/mol. The summed E-state index contributed by atoms with van der Waals surface area (Å²) in [5.74, 6) is -7.77. The number of ketones is 3. The Morgan fingerprint density at radius 1 is 0.847 bits per heavy atom. The molecular weight excluding hydrogens is 935 g/mol. The van der Waals surface area contributed by atoms with Gasteiger partial charge in [-0.3, -0.25) is 19.2 Å². The summed E-state index contributed by atoms with van der Waals surface area (Å²) in [5.41, 5.74) is 1.29. The second kappa shape index (κ2) is 27.1. The van der Waals surface area contributed by atoms with Crippen molar-refractivity contribution in [3.05, 3.63) is 47.6 Å². The van der Waals surface area contributed by atoms with Gasteiger partial charge in [-0.25, -0.2) is 4.79 Å². The van der Waals surface area contributed by atoms with Gasteiger partial charge in [-0.1, -0.05) is 91.8 Å². The van der Waals surface area contributed by atoms with Crippen molar-refractivity contribution in [1.29, 1.82) is 0 Å². The molecule has 4 aliphatic rings. The number of hydrogen-bond donors (Lipinski definition) is 2. The molecule has 2 unspecified atom stereocenters. The average Bonchev–Trinajstić information content (AvgIpc) is 3.32. The standard InChI is InChI=1S/C57H93NO13Si/c1-35-21-17-16-18-22-36(2)47(66-11)33-43-26-24-41(7)57(65,70-43)53(62)54(63)58-28-20-19-23-44(58)55(64)69-48(34-45(59)37(3)30-40(6)51(61)52(68-13)50(60)39(5)29-35)38(4)31-42-25-27-46(49(32-42)67-12)71-72(14,15)56(8,9)10/h16-18,21-22,30,35,37-39,41-44,46-49,51-52,61,65H,19-20,23-29,31-34H2,1-15H3/b18-16+,21-17+,36-22+,40-30+/t35-,37-,38-,39-,41-,42+,43?,44?,46-,47+,48+,49-,51-,52+,57-/m1/s1. The van der Waals surface area contributed by atoms with Gasteiger partial charge in [-0.15, -0.1) is 0 Å². The van der Waals surface area contributed by atoms with Crippen molar-refractivity contribution in [1.82, 2.24) is 4.90 Å². The molecule has 408 valence electrons. The third kappa shape index (κ3) is 15.9. The molecule has 15 heteroatoms. The molecule has 1 amide bonds. The van der Waals surface area contributed by atoms with Crippen molar-refractivity contribution in [2.75, 3.05) is 27.9 Å². The van der Waals surface area contributed by atoms with E-state index < -0.39 is 86.1 Å². The molecule has 0 aromatic rings. The number of aliphatic hydroxyl groups excluding tert-OH is 1. The SMILES string of the molecule is CO[C@H]1CC2CC[C@@H](C)[C@@](O)(O2)C(=O)C(=O)N2CCCCC2C(=O)O[C@H]([C@H](C)C[C@@H]2CC[C@@H](O[Si](C)(C)C(C)(C)C)[C@H](OC)C2)CC(=O)[C@H](C)/C=C(\C)[C@@H](O)[C@@H](OC)C(=O)[C@H](C)C[C@H](C)/C=C/C=C/C=C/1C. The number of hydrogen-bond acceptors (Lipinski definition) is 13. The molecule has 15 atom stereocenters. The van der Waals surface area contributed by atoms with E-state index in [1.165, 1.54) is 12.0 Å². The lowest BCUT2D eigenvalue weighted by molar-refractivity contribution is -0.265. The fourth-order valence-corrected chi connectivity index (χ4v) is 12.2. The van der Waals surface area contributed by atoms with Gasteiger partial charge in [0.2, 0.25) is 5.79 Å². The summed E-state index contributed by atoms with van der Waals surface area (Å²) in [5, 5.41) is 23.6. The zero-order valence-electron chi connectivity index (χ0n) is 46.6. The highest BCUT2D eigenvalue weighted by Gasteiger charge is 2.53. The maximum absolute atomic E-state index is 14.6. The number of ether oxygens (including phenoxy) is 5. The number of esters is 1. The first kappa shape index (κ1) is 61.4. The second-order valence-electron chi connectivity index (χ2n) is 23.4. The van der Waals surface area contributed by atoms with Gasteiger partial charge in [-0.05, 0) is 125 Å². The number of carbonyl (C=O) groups is 5. The lowest BCUT2D eigenvalue weighted by Gasteiger charge is -2.44. The number of methoxy groups -OCH3 is 3. The number of cyclic esters (lactones) is 1. The quantitative estimate of drug-likeness (QED) is 0.102. The van der Waals surface area contributed by atoms with E-state index >= 15 is 0 Å². The van der Waals surface area contributed by atoms with Crippen LogP contribution >= 0.6 is 0 Å². The molecule has 2 N–H and O–H groups in total. The van der Waals surface area contributed by atoms with Crippen LogP contribution in [0.5, 0.6) is 0 Å². The Balaban J connectivity index is 1.70. The largest absolute Gasteiger partial charge is 0.460 e. The Kier molecular flexibility index (Phi) is 23.1. The number of amides is 1. The topological polar surface area (TPSA) is 184 Å². The number of Topliss-reactive ketones (excluding diaryl/α,β-unsaturated/α-hetero) is 3. The molecule has 1 aliphatic carbocycles. The number of carbonyl (C=O) groups excluding carboxylic acids is 5. The maximum atomic E-state index is 14.6. The van der Waals surface area contributed by atoms with E-state index in [9.17, 15) is 34.2 Å². The first-order valence-corrected chi connectivity index (χ1v) is 29.8. The molecule has 3 fully saturated rings. The van der Waals surface area contributed by atoms with Crippen LogP contribution in [-0.4, -0.2) is 135 Å². The predicted octanol–water partition coefficient (Wildman–Crippen LogP) is 9.21. The number of piperidine rings is 1. The van der Waals surface area contributed by atoms with Crippen molar-refractivity contribution in [3.8, 4) is 0 Å². The zero-order valence-corrected chi connectivity index (χ0v) is 47.6. The van der Waals surface area contributed by atoms with E-state index in [4.69, 9.17) is 28.1 Å². The zero-order chi connectivity index (χ0) is 53.9. The molecule has 0 spiro atoms. The fourth-order valence-electron chi connectivity index (χ4n) is 10.8. The minimum atomic E-state index is -2.43. The minimum absolute atomic E-state index is 0.0209. The first-order chi connectivity index (χ1) is 33.7. The summed E-state index contributed by atoms with van der Waals surface area (Å²) in [6, 6.07) is -1.13. The van der Waals surface area contributed by atoms with Crippen LogP contribution in [0.3, 0.4) is 0 Å². The van der Waals surface area contributed by atoms with Gasteiger partial charge in [0.15, 0.2) is 14.1 Å². The number of allylic oxidation sites excluding steroid dienone is 6. The Bertz CT molecular complexity index is 1970. The van der Waals surface area contributed by atoms with Crippen LogP contribution < -0.4 is 0 Å². The third-order valence-corrected chi connectivity index (χ3v) is 21.2. The normalized spacial score (nSPS) is 38.2. The highest BCUT2D eigenvalue weighted by molar-refractivity contribution is 6.74. The van der Waals surface area contributed by atoms with E-state index in [2.05, 4.69) is 33.9 Å². The molecule has 0 aromatic carbocycles. The third-order valence-electron chi connectivity index (χ3n) is 16.7. The molecule has 0 aromatic heterocycles. The lowest BCUT2D eigenvalue weighted by Crippen LogP contribution is -2.61. The molecule has 0 radical (unpaired) electrons. The number of aliphatic hydroxyl groups is 2. The number of nitrogens with zero attached hydrogens (tertiary/aromatic N) is 1. The Labute approximate surface area is 433 Å².